The maximum absolute atomic E-state index is 12.3. The molecule has 6 nitrogen and oxygen atoms in total. The Hall–Kier alpha value is -1.02. The van der Waals surface area contributed by atoms with E-state index in [2.05, 4.69) is 17.2 Å². The lowest BCUT2D eigenvalue weighted by atomic mass is 10.3. The minimum atomic E-state index is -3.54. The number of nitrogens with zero attached hydrogens (tertiary/aromatic N) is 2. The van der Waals surface area contributed by atoms with Crippen molar-refractivity contribution in [2.45, 2.75) is 31.8 Å². The van der Waals surface area contributed by atoms with Gasteiger partial charge in [-0.25, -0.2) is 13.4 Å². The molecule has 21 heavy (non-hydrogen) atoms. The van der Waals surface area contributed by atoms with Gasteiger partial charge in [-0.15, -0.1) is 0 Å². The molecule has 0 saturated heterocycles. The first-order valence-electron chi connectivity index (χ1n) is 7.22. The Morgan fingerprint density at radius 2 is 2.10 bits per heavy atom. The Morgan fingerprint density at radius 1 is 1.33 bits per heavy atom. The van der Waals surface area contributed by atoms with Crippen molar-refractivity contribution in [1.29, 1.82) is 0 Å². The summed E-state index contributed by atoms with van der Waals surface area (Å²) in [6.07, 6.45) is 2.66. The molecule has 0 radical (unpaired) electrons. The number of ether oxygens (including phenoxy) is 1. The van der Waals surface area contributed by atoms with Gasteiger partial charge in [-0.2, -0.15) is 4.31 Å². The molecule has 7 heteroatoms. The van der Waals surface area contributed by atoms with Gasteiger partial charge in [0.1, 0.15) is 0 Å². The predicted molar refractivity (Wildman–Crippen MR) is 82.5 cm³/mol. The number of sulfonamides is 1. The Bertz CT molecular complexity index is 503. The minimum Gasteiger partial charge on any atom is -0.380 e. The van der Waals surface area contributed by atoms with Gasteiger partial charge in [-0.1, -0.05) is 13.0 Å². The zero-order chi connectivity index (χ0) is 15.7. The molecule has 0 aromatic carbocycles. The molecule has 0 aliphatic rings. The molecule has 0 atom stereocenters. The summed E-state index contributed by atoms with van der Waals surface area (Å²) in [6, 6.07) is 3.34. The molecule has 1 aromatic rings. The van der Waals surface area contributed by atoms with Gasteiger partial charge in [0.2, 0.25) is 0 Å². The number of pyridine rings is 1. The lowest BCUT2D eigenvalue weighted by Gasteiger charge is -2.16. The van der Waals surface area contributed by atoms with Gasteiger partial charge in [0, 0.05) is 32.9 Å². The van der Waals surface area contributed by atoms with E-state index < -0.39 is 10.0 Å². The molecule has 1 rings (SSSR count). The molecule has 1 heterocycles. The third kappa shape index (κ3) is 5.70. The van der Waals surface area contributed by atoms with Crippen molar-refractivity contribution in [3.05, 3.63) is 23.9 Å². The van der Waals surface area contributed by atoms with E-state index in [1.807, 2.05) is 6.92 Å². The van der Waals surface area contributed by atoms with Crippen LogP contribution < -0.4 is 5.32 Å². The number of nitrogens with one attached hydrogen (secondary N) is 1. The van der Waals surface area contributed by atoms with Crippen molar-refractivity contribution in [3.8, 4) is 0 Å². The van der Waals surface area contributed by atoms with Crippen molar-refractivity contribution in [2.24, 2.45) is 0 Å². The summed E-state index contributed by atoms with van der Waals surface area (Å²) in [4.78, 5) is 4.07. The normalized spacial score (nSPS) is 12.0. The van der Waals surface area contributed by atoms with Crippen LogP contribution >= 0.6 is 0 Å². The first kappa shape index (κ1) is 18.0. The van der Waals surface area contributed by atoms with Gasteiger partial charge in [-0.05, 0) is 31.5 Å². The van der Waals surface area contributed by atoms with Crippen LogP contribution in [-0.4, -0.2) is 51.1 Å². The van der Waals surface area contributed by atoms with E-state index in [4.69, 9.17) is 4.74 Å². The lowest BCUT2D eigenvalue weighted by Crippen LogP contribution is -2.31. The average Bonchev–Trinajstić information content (AvgIpc) is 2.48. The maximum Gasteiger partial charge on any atom is 0.260 e. The van der Waals surface area contributed by atoms with Gasteiger partial charge >= 0.3 is 0 Å². The van der Waals surface area contributed by atoms with E-state index in [9.17, 15) is 8.42 Å². The zero-order valence-corrected chi connectivity index (χ0v) is 13.8. The fourth-order valence-electron chi connectivity index (χ4n) is 1.69. The molecule has 0 spiro atoms. The van der Waals surface area contributed by atoms with E-state index in [-0.39, 0.29) is 5.03 Å². The Balaban J connectivity index is 2.66. The van der Waals surface area contributed by atoms with Crippen molar-refractivity contribution < 1.29 is 13.2 Å². The van der Waals surface area contributed by atoms with E-state index in [0.29, 0.717) is 26.3 Å². The highest BCUT2D eigenvalue weighted by Gasteiger charge is 2.21. The molecule has 0 bridgehead atoms. The molecule has 120 valence electrons. The summed E-state index contributed by atoms with van der Waals surface area (Å²) in [7, 11) is -2.01. The number of likely N-dealkylation sites (N-methyl/N-ethyl adjacent to an activating group) is 1. The average molecular weight is 315 g/mol. The Morgan fingerprint density at radius 3 is 2.67 bits per heavy atom. The van der Waals surface area contributed by atoms with E-state index >= 15 is 0 Å². The number of aromatic nitrogens is 1. The highest BCUT2D eigenvalue weighted by molar-refractivity contribution is 7.89. The van der Waals surface area contributed by atoms with Crippen molar-refractivity contribution >= 4 is 10.0 Å². The molecule has 0 unspecified atom stereocenters. The van der Waals surface area contributed by atoms with Crippen LogP contribution in [0.1, 0.15) is 25.8 Å². The van der Waals surface area contributed by atoms with E-state index in [0.717, 1.165) is 18.5 Å². The van der Waals surface area contributed by atoms with Gasteiger partial charge in [-0.3, -0.25) is 0 Å². The molecule has 0 amide bonds. The largest absolute Gasteiger partial charge is 0.380 e. The number of hydrogen-bond acceptors (Lipinski definition) is 5. The van der Waals surface area contributed by atoms with Crippen LogP contribution in [0.15, 0.2) is 23.4 Å². The molecule has 0 fully saturated rings. The molecule has 0 aliphatic heterocycles. The van der Waals surface area contributed by atoms with E-state index in [1.165, 1.54) is 11.4 Å². The fraction of sp³-hybridized carbons (Fsp3) is 0.643. The van der Waals surface area contributed by atoms with Crippen molar-refractivity contribution in [3.63, 3.8) is 0 Å². The van der Waals surface area contributed by atoms with Crippen LogP contribution in [0.3, 0.4) is 0 Å². The van der Waals surface area contributed by atoms with Gasteiger partial charge in [0.05, 0.1) is 6.61 Å². The van der Waals surface area contributed by atoms with Crippen LogP contribution in [0.2, 0.25) is 0 Å². The zero-order valence-electron chi connectivity index (χ0n) is 13.0. The second-order valence-electron chi connectivity index (χ2n) is 4.70. The molecular formula is C14H25N3O3S. The summed E-state index contributed by atoms with van der Waals surface area (Å²) in [5.74, 6) is 0. The Kier molecular flexibility index (Phi) is 7.81. The molecule has 0 saturated carbocycles. The van der Waals surface area contributed by atoms with Crippen LogP contribution in [0.25, 0.3) is 0 Å². The predicted octanol–water partition coefficient (Wildman–Crippen LogP) is 1.24. The SMILES string of the molecule is CCCNCc1ccc(S(=O)(=O)N(C)CCOCC)nc1. The Labute approximate surface area is 127 Å². The molecule has 0 aliphatic carbocycles. The second kappa shape index (κ2) is 9.09. The molecule has 1 aromatic heterocycles. The third-order valence-electron chi connectivity index (χ3n) is 2.98. The summed E-state index contributed by atoms with van der Waals surface area (Å²) < 4.78 is 31.0. The topological polar surface area (TPSA) is 71.5 Å². The standard InChI is InChI=1S/C14H25N3O3S/c1-4-8-15-11-13-6-7-14(16-12-13)21(18,19)17(3)9-10-20-5-2/h6-7,12,15H,4-5,8-11H2,1-3H3. The number of rotatable bonds is 10. The first-order valence-corrected chi connectivity index (χ1v) is 8.66. The quantitative estimate of drug-likeness (QED) is 0.658. The van der Waals surface area contributed by atoms with Crippen LogP contribution in [0, 0.1) is 0 Å². The second-order valence-corrected chi connectivity index (χ2v) is 6.70. The van der Waals surface area contributed by atoms with Crippen molar-refractivity contribution in [2.75, 3.05) is 33.4 Å². The molecule has 1 N–H and O–H groups in total. The van der Waals surface area contributed by atoms with Crippen LogP contribution in [-0.2, 0) is 21.3 Å². The summed E-state index contributed by atoms with van der Waals surface area (Å²) >= 11 is 0. The number of hydrogen-bond donors (Lipinski definition) is 1. The third-order valence-corrected chi connectivity index (χ3v) is 4.76. The summed E-state index contributed by atoms with van der Waals surface area (Å²) in [5.41, 5.74) is 0.972. The van der Waals surface area contributed by atoms with Gasteiger partial charge < -0.3 is 10.1 Å². The lowest BCUT2D eigenvalue weighted by molar-refractivity contribution is 0.138. The highest BCUT2D eigenvalue weighted by Crippen LogP contribution is 2.12. The summed E-state index contributed by atoms with van der Waals surface area (Å²) in [5, 5.41) is 3.32. The maximum atomic E-state index is 12.3. The van der Waals surface area contributed by atoms with E-state index in [1.54, 1.807) is 18.3 Å². The summed E-state index contributed by atoms with van der Waals surface area (Å²) in [6.45, 7) is 6.87. The highest BCUT2D eigenvalue weighted by atomic mass is 32.2. The molecular weight excluding hydrogens is 290 g/mol. The van der Waals surface area contributed by atoms with Crippen molar-refractivity contribution in [1.82, 2.24) is 14.6 Å². The van der Waals surface area contributed by atoms with Gasteiger partial charge in [0.15, 0.2) is 5.03 Å². The minimum absolute atomic E-state index is 0.0701. The smallest absolute Gasteiger partial charge is 0.260 e. The van der Waals surface area contributed by atoms with Crippen LogP contribution in [0.4, 0.5) is 0 Å². The van der Waals surface area contributed by atoms with Gasteiger partial charge in [0.25, 0.3) is 10.0 Å². The fourth-order valence-corrected chi connectivity index (χ4v) is 2.76. The first-order chi connectivity index (χ1) is 10.0. The monoisotopic (exact) mass is 315 g/mol. The van der Waals surface area contributed by atoms with Crippen LogP contribution in [0.5, 0.6) is 0 Å².